The summed E-state index contributed by atoms with van der Waals surface area (Å²) < 4.78 is 0. The quantitative estimate of drug-likeness (QED) is 0.248. The van der Waals surface area contributed by atoms with Gasteiger partial charge in [0.05, 0.1) is 0 Å². The Morgan fingerprint density at radius 1 is 0.596 bits per heavy atom. The first-order valence-electron chi connectivity index (χ1n) is 17.1. The van der Waals surface area contributed by atoms with Gasteiger partial charge in [-0.25, -0.2) is 4.98 Å². The highest BCUT2D eigenvalue weighted by atomic mass is 16.2. The predicted molar refractivity (Wildman–Crippen MR) is 179 cm³/mol. The molecule has 2 heterocycles. The summed E-state index contributed by atoms with van der Waals surface area (Å²) in [5.41, 5.74) is -0.165. The van der Waals surface area contributed by atoms with Crippen molar-refractivity contribution in [2.75, 3.05) is 13.1 Å². The van der Waals surface area contributed by atoms with Gasteiger partial charge in [0.2, 0.25) is 23.6 Å². The first kappa shape index (κ1) is 39.1. The summed E-state index contributed by atoms with van der Waals surface area (Å²) in [6.07, 6.45) is 4.92. The van der Waals surface area contributed by atoms with Crippen molar-refractivity contribution in [2.45, 2.75) is 123 Å². The maximum Gasteiger partial charge on any atom is 0.270 e. The number of fused-ring (bicyclic) bond motifs is 2. The summed E-state index contributed by atoms with van der Waals surface area (Å²) in [4.78, 5) is 83.7. The van der Waals surface area contributed by atoms with Crippen LogP contribution in [-0.2, 0) is 19.2 Å². The first-order chi connectivity index (χ1) is 22.4. The van der Waals surface area contributed by atoms with E-state index in [-0.39, 0.29) is 35.0 Å². The molecule has 1 aromatic rings. The van der Waals surface area contributed by atoms with Crippen LogP contribution in [0.1, 0.15) is 120 Å². The van der Waals surface area contributed by atoms with Crippen LogP contribution in [0, 0.1) is 11.8 Å². The van der Waals surface area contributed by atoms with E-state index in [4.69, 9.17) is 0 Å². The lowest BCUT2D eigenvalue weighted by molar-refractivity contribution is -0.130. The molecular formula is C34H55N7O6. The smallest absolute Gasteiger partial charge is 0.270 e. The van der Waals surface area contributed by atoms with Gasteiger partial charge in [-0.2, -0.15) is 0 Å². The number of rotatable bonds is 8. The van der Waals surface area contributed by atoms with Crippen LogP contribution in [0.25, 0.3) is 0 Å². The van der Waals surface area contributed by atoms with E-state index < -0.39 is 47.8 Å². The van der Waals surface area contributed by atoms with E-state index in [2.05, 4.69) is 36.9 Å². The van der Waals surface area contributed by atoms with E-state index in [1.54, 1.807) is 0 Å². The highest BCUT2D eigenvalue weighted by Crippen LogP contribution is 2.11. The van der Waals surface area contributed by atoms with Crippen LogP contribution in [0.2, 0.25) is 0 Å². The molecule has 262 valence electrons. The largest absolute Gasteiger partial charge is 0.354 e. The molecule has 4 atom stereocenters. The van der Waals surface area contributed by atoms with Gasteiger partial charge in [-0.1, -0.05) is 60.5 Å². The van der Waals surface area contributed by atoms with Crippen LogP contribution in [0.5, 0.6) is 0 Å². The molecule has 47 heavy (non-hydrogen) atoms. The topological polar surface area (TPSA) is 187 Å². The Morgan fingerprint density at radius 2 is 1.00 bits per heavy atom. The Balaban J connectivity index is 2.41. The van der Waals surface area contributed by atoms with Crippen molar-refractivity contribution in [1.29, 1.82) is 0 Å². The maximum absolute atomic E-state index is 13.4. The number of hydrogen-bond donors (Lipinski definition) is 6. The zero-order valence-corrected chi connectivity index (χ0v) is 28.9. The number of pyridine rings is 1. The average molecular weight is 658 g/mol. The van der Waals surface area contributed by atoms with Crippen molar-refractivity contribution < 1.29 is 28.8 Å². The number of carbonyl (C=O) groups excluding carboxylic acids is 6. The van der Waals surface area contributed by atoms with E-state index in [0.717, 1.165) is 6.42 Å². The molecule has 6 amide bonds. The fraction of sp³-hybridized carbons (Fsp3) is 0.676. The molecule has 1 aliphatic heterocycles. The molecule has 2 rings (SSSR count). The zero-order valence-electron chi connectivity index (χ0n) is 28.9. The molecule has 0 spiro atoms. The average Bonchev–Trinajstić information content (AvgIpc) is 3.02. The van der Waals surface area contributed by atoms with Crippen molar-refractivity contribution in [3.05, 3.63) is 29.6 Å². The van der Waals surface area contributed by atoms with Crippen LogP contribution >= 0.6 is 0 Å². The zero-order chi connectivity index (χ0) is 34.9. The third-order valence-electron chi connectivity index (χ3n) is 7.74. The Kier molecular flexibility index (Phi) is 16.9. The van der Waals surface area contributed by atoms with Gasteiger partial charge in [0, 0.05) is 13.1 Å². The van der Waals surface area contributed by atoms with Crippen LogP contribution in [-0.4, -0.2) is 77.7 Å². The lowest BCUT2D eigenvalue weighted by Crippen LogP contribution is -2.54. The van der Waals surface area contributed by atoms with Crippen LogP contribution in [0.3, 0.4) is 0 Å². The summed E-state index contributed by atoms with van der Waals surface area (Å²) in [6, 6.07) is 0.950. The second kappa shape index (κ2) is 20.3. The van der Waals surface area contributed by atoms with E-state index in [0.29, 0.717) is 64.5 Å². The SMILES string of the molecule is CCC[C@@H]1NC(=O)C(CC(C)C)NC(=O)c2cccc(n2)C(=O)N[C@@H](CC(C)C)C(=O)N[C@@H](CCC)C(=O)NCCCCCNC1=O. The molecule has 6 N–H and O–H groups in total. The van der Waals surface area contributed by atoms with Gasteiger partial charge < -0.3 is 31.9 Å². The molecule has 0 fully saturated rings. The molecular weight excluding hydrogens is 602 g/mol. The van der Waals surface area contributed by atoms with Gasteiger partial charge in [0.1, 0.15) is 35.6 Å². The van der Waals surface area contributed by atoms with E-state index in [1.807, 2.05) is 41.5 Å². The number of nitrogens with zero attached hydrogens (tertiary/aromatic N) is 1. The molecule has 1 unspecified atom stereocenters. The van der Waals surface area contributed by atoms with E-state index in [1.165, 1.54) is 18.2 Å². The molecule has 13 heteroatoms. The Hall–Kier alpha value is -4.03. The summed E-state index contributed by atoms with van der Waals surface area (Å²) in [6.45, 7) is 12.3. The third-order valence-corrected chi connectivity index (χ3v) is 7.74. The summed E-state index contributed by atoms with van der Waals surface area (Å²) in [7, 11) is 0. The number of carbonyl (C=O) groups is 6. The Labute approximate surface area is 278 Å². The minimum Gasteiger partial charge on any atom is -0.354 e. The van der Waals surface area contributed by atoms with Crippen molar-refractivity contribution in [3.63, 3.8) is 0 Å². The van der Waals surface area contributed by atoms with Gasteiger partial charge >= 0.3 is 0 Å². The summed E-state index contributed by atoms with van der Waals surface area (Å²) in [5.74, 6) is -2.78. The number of hydrogen-bond acceptors (Lipinski definition) is 7. The molecule has 0 aromatic carbocycles. The minimum absolute atomic E-state index is 0.0483. The van der Waals surface area contributed by atoms with Crippen LogP contribution < -0.4 is 31.9 Å². The number of nitrogens with one attached hydrogen (secondary N) is 6. The second-order valence-corrected chi connectivity index (χ2v) is 13.1. The number of amides is 6. The van der Waals surface area contributed by atoms with Gasteiger partial charge in [0.25, 0.3) is 11.8 Å². The van der Waals surface area contributed by atoms with E-state index in [9.17, 15) is 28.8 Å². The molecule has 1 aromatic heterocycles. The lowest BCUT2D eigenvalue weighted by Gasteiger charge is -2.24. The molecule has 0 aliphatic carbocycles. The van der Waals surface area contributed by atoms with Gasteiger partial charge in [-0.05, 0) is 68.9 Å². The number of aromatic nitrogens is 1. The monoisotopic (exact) mass is 657 g/mol. The summed E-state index contributed by atoms with van der Waals surface area (Å²) in [5, 5.41) is 16.9. The van der Waals surface area contributed by atoms with Crippen LogP contribution in [0.15, 0.2) is 18.2 Å². The second-order valence-electron chi connectivity index (χ2n) is 13.1. The minimum atomic E-state index is -0.940. The van der Waals surface area contributed by atoms with Crippen LogP contribution in [0.4, 0.5) is 0 Å². The van der Waals surface area contributed by atoms with Crippen molar-refractivity contribution in [3.8, 4) is 0 Å². The third kappa shape index (κ3) is 13.7. The molecule has 2 bridgehead atoms. The molecule has 13 nitrogen and oxygen atoms in total. The Morgan fingerprint density at radius 3 is 1.36 bits per heavy atom. The predicted octanol–water partition coefficient (Wildman–Crippen LogP) is 2.36. The van der Waals surface area contributed by atoms with Gasteiger partial charge in [-0.3, -0.25) is 28.8 Å². The normalized spacial score (nSPS) is 23.1. The van der Waals surface area contributed by atoms with Crippen molar-refractivity contribution >= 4 is 35.4 Å². The maximum atomic E-state index is 13.4. The molecule has 1 aliphatic rings. The van der Waals surface area contributed by atoms with Crippen molar-refractivity contribution in [1.82, 2.24) is 36.9 Å². The molecule has 0 saturated heterocycles. The summed E-state index contributed by atoms with van der Waals surface area (Å²) >= 11 is 0. The molecule has 0 radical (unpaired) electrons. The fourth-order valence-electron chi connectivity index (χ4n) is 5.31. The van der Waals surface area contributed by atoms with Gasteiger partial charge in [-0.15, -0.1) is 0 Å². The standard InChI is InChI=1S/C34H55N7O6/c1-7-13-23-29(42)35-17-10-9-11-18-36-30(43)24(14-8-2)39-34(47)28(20-22(5)6)41-32(45)26-16-12-15-25(37-26)31(44)40-27(19-21(3)4)33(46)38-23/h12,15-16,21-24,27-28H,7-11,13-14,17-20H2,1-6H3,(H,35,42)(H,36,43)(H,38,46)(H,39,47)(H,40,44)(H,41,45)/t23-,24-,27-,28?/m0/s1. The van der Waals surface area contributed by atoms with E-state index >= 15 is 0 Å². The van der Waals surface area contributed by atoms with Crippen molar-refractivity contribution in [2.24, 2.45) is 11.8 Å². The fourth-order valence-corrected chi connectivity index (χ4v) is 5.31. The highest BCUT2D eigenvalue weighted by Gasteiger charge is 2.30. The lowest BCUT2D eigenvalue weighted by atomic mass is 10.0. The highest BCUT2D eigenvalue weighted by molar-refractivity contribution is 6.00. The Bertz CT molecular complexity index is 1130. The first-order valence-corrected chi connectivity index (χ1v) is 17.1. The molecule has 0 saturated carbocycles. The van der Waals surface area contributed by atoms with Gasteiger partial charge in [0.15, 0.2) is 0 Å².